The van der Waals surface area contributed by atoms with Crippen LogP contribution in [0.1, 0.15) is 27.7 Å². The molecule has 0 amide bonds. The largest absolute Gasteiger partial charge is 0.294 e. The first-order chi connectivity index (χ1) is 4.94. The van der Waals surface area contributed by atoms with Gasteiger partial charge in [0.25, 0.3) is 0 Å². The van der Waals surface area contributed by atoms with Crippen LogP contribution < -0.4 is 0 Å². The Kier molecular flexibility index (Phi) is 0.935. The Labute approximate surface area is 67.5 Å². The first-order valence-electron chi connectivity index (χ1n) is 4.19. The number of carbonyl (C=O) groups is 1. The summed E-state index contributed by atoms with van der Waals surface area (Å²) in [5, 5.41) is 0. The van der Waals surface area contributed by atoms with Crippen molar-refractivity contribution in [1.29, 1.82) is 0 Å². The lowest BCUT2D eigenvalue weighted by Crippen LogP contribution is -2.13. The molecular formula is C10H14O. The molecule has 11 heavy (non-hydrogen) atoms. The van der Waals surface area contributed by atoms with Gasteiger partial charge < -0.3 is 0 Å². The monoisotopic (exact) mass is 150 g/mol. The fraction of sp³-hybridized carbons (Fsp3) is 0.700. The van der Waals surface area contributed by atoms with Crippen molar-refractivity contribution in [3.8, 4) is 0 Å². The zero-order valence-electron chi connectivity index (χ0n) is 7.56. The highest BCUT2D eigenvalue weighted by Gasteiger charge is 2.74. The number of carbonyl (C=O) groups excluding carboxylic acids is 1. The van der Waals surface area contributed by atoms with Crippen molar-refractivity contribution in [1.82, 2.24) is 0 Å². The quantitative estimate of drug-likeness (QED) is 0.517. The second kappa shape index (κ2) is 1.45. The summed E-state index contributed by atoms with van der Waals surface area (Å²) in [5.41, 5.74) is 1.11. The Morgan fingerprint density at radius 1 is 1.45 bits per heavy atom. The summed E-state index contributed by atoms with van der Waals surface area (Å²) in [7, 11) is 0. The number of allylic oxidation sites excluding steroid dienone is 2. The van der Waals surface area contributed by atoms with E-state index in [1.165, 1.54) is 0 Å². The molecule has 1 nitrogen and oxygen atoms in total. The average molecular weight is 150 g/mol. The van der Waals surface area contributed by atoms with Gasteiger partial charge in [-0.15, -0.1) is 0 Å². The standard InChI is InChI=1S/C10H14O/c1-6-5-9(3)7(2)10(9,4)8(6)11/h5,7H,1-4H3. The zero-order chi connectivity index (χ0) is 8.44. The molecule has 0 aromatic rings. The molecular weight excluding hydrogens is 136 g/mol. The van der Waals surface area contributed by atoms with E-state index in [1.807, 2.05) is 6.92 Å². The number of rotatable bonds is 0. The molecule has 0 aromatic carbocycles. The number of ketones is 1. The molecule has 60 valence electrons. The van der Waals surface area contributed by atoms with Crippen molar-refractivity contribution in [2.45, 2.75) is 27.7 Å². The van der Waals surface area contributed by atoms with Crippen LogP contribution in [0.25, 0.3) is 0 Å². The Morgan fingerprint density at radius 2 is 2.00 bits per heavy atom. The van der Waals surface area contributed by atoms with Gasteiger partial charge in [-0.1, -0.05) is 26.8 Å². The van der Waals surface area contributed by atoms with E-state index in [1.54, 1.807) is 0 Å². The van der Waals surface area contributed by atoms with E-state index in [0.717, 1.165) is 5.57 Å². The molecule has 1 fully saturated rings. The summed E-state index contributed by atoms with van der Waals surface area (Å²) in [6, 6.07) is 0. The molecule has 0 spiro atoms. The average Bonchev–Trinajstić information content (AvgIpc) is 2.26. The van der Waals surface area contributed by atoms with Gasteiger partial charge in [0, 0.05) is 10.8 Å². The molecule has 0 aromatic heterocycles. The van der Waals surface area contributed by atoms with Crippen LogP contribution in [0.4, 0.5) is 0 Å². The molecule has 3 atom stereocenters. The third-order valence-corrected chi connectivity index (χ3v) is 4.15. The summed E-state index contributed by atoms with van der Waals surface area (Å²) < 4.78 is 0. The van der Waals surface area contributed by atoms with Crippen molar-refractivity contribution in [3.05, 3.63) is 11.6 Å². The molecule has 0 N–H and O–H groups in total. The van der Waals surface area contributed by atoms with Crippen LogP contribution in [0.3, 0.4) is 0 Å². The highest BCUT2D eigenvalue weighted by atomic mass is 16.1. The lowest BCUT2D eigenvalue weighted by atomic mass is 9.97. The maximum absolute atomic E-state index is 11.6. The van der Waals surface area contributed by atoms with Crippen LogP contribution in [0, 0.1) is 16.7 Å². The van der Waals surface area contributed by atoms with E-state index in [0.29, 0.717) is 11.7 Å². The van der Waals surface area contributed by atoms with Gasteiger partial charge in [0.15, 0.2) is 5.78 Å². The second-order valence-corrected chi connectivity index (χ2v) is 4.36. The minimum Gasteiger partial charge on any atom is -0.294 e. The summed E-state index contributed by atoms with van der Waals surface area (Å²) in [5.74, 6) is 0.915. The molecule has 0 saturated heterocycles. The predicted octanol–water partition coefficient (Wildman–Crippen LogP) is 2.18. The Bertz CT molecular complexity index is 277. The highest BCUT2D eigenvalue weighted by Crippen LogP contribution is 2.73. The van der Waals surface area contributed by atoms with Crippen molar-refractivity contribution < 1.29 is 4.79 Å². The van der Waals surface area contributed by atoms with E-state index in [2.05, 4.69) is 26.8 Å². The minimum absolute atomic E-state index is 0.0446. The molecule has 0 radical (unpaired) electrons. The SMILES string of the molecule is CC1=CC2(C)C(C)C2(C)C1=O. The molecule has 2 aliphatic rings. The fourth-order valence-corrected chi connectivity index (χ4v) is 2.73. The maximum Gasteiger partial charge on any atom is 0.165 e. The Morgan fingerprint density at radius 3 is 2.27 bits per heavy atom. The predicted molar refractivity (Wildman–Crippen MR) is 44.1 cm³/mol. The second-order valence-electron chi connectivity index (χ2n) is 4.36. The molecule has 1 heteroatoms. The highest BCUT2D eigenvalue weighted by molar-refractivity contribution is 6.06. The third kappa shape index (κ3) is 0.463. The van der Waals surface area contributed by atoms with Gasteiger partial charge >= 0.3 is 0 Å². The van der Waals surface area contributed by atoms with Gasteiger partial charge in [-0.3, -0.25) is 4.79 Å². The topological polar surface area (TPSA) is 17.1 Å². The van der Waals surface area contributed by atoms with Crippen molar-refractivity contribution in [2.24, 2.45) is 16.7 Å². The summed E-state index contributed by atoms with van der Waals surface area (Å²) in [6.07, 6.45) is 2.15. The molecule has 0 aliphatic heterocycles. The minimum atomic E-state index is -0.0446. The van der Waals surface area contributed by atoms with Crippen LogP contribution in [0.2, 0.25) is 0 Å². The molecule has 2 rings (SSSR count). The van der Waals surface area contributed by atoms with Crippen molar-refractivity contribution >= 4 is 5.78 Å². The van der Waals surface area contributed by atoms with Crippen LogP contribution in [-0.2, 0) is 4.79 Å². The number of hydrogen-bond acceptors (Lipinski definition) is 1. The van der Waals surface area contributed by atoms with Crippen molar-refractivity contribution in [3.63, 3.8) is 0 Å². The summed E-state index contributed by atoms with van der Waals surface area (Å²) in [6.45, 7) is 8.37. The smallest absolute Gasteiger partial charge is 0.165 e. The van der Waals surface area contributed by atoms with Gasteiger partial charge in [0.05, 0.1) is 0 Å². The van der Waals surface area contributed by atoms with E-state index in [4.69, 9.17) is 0 Å². The number of hydrogen-bond donors (Lipinski definition) is 0. The van der Waals surface area contributed by atoms with Gasteiger partial charge in [-0.25, -0.2) is 0 Å². The molecule has 3 unspecified atom stereocenters. The molecule has 2 aliphatic carbocycles. The van der Waals surface area contributed by atoms with E-state index < -0.39 is 0 Å². The van der Waals surface area contributed by atoms with E-state index >= 15 is 0 Å². The fourth-order valence-electron chi connectivity index (χ4n) is 2.73. The first-order valence-corrected chi connectivity index (χ1v) is 4.19. The van der Waals surface area contributed by atoms with Gasteiger partial charge in [-0.2, -0.15) is 0 Å². The van der Waals surface area contributed by atoms with Gasteiger partial charge in [0.1, 0.15) is 0 Å². The molecule has 0 bridgehead atoms. The van der Waals surface area contributed by atoms with Crippen LogP contribution in [-0.4, -0.2) is 5.78 Å². The number of Topliss-reactive ketones (excluding diaryl/α,β-unsaturated/α-hetero) is 1. The van der Waals surface area contributed by atoms with Crippen LogP contribution in [0.15, 0.2) is 11.6 Å². The molecule has 1 saturated carbocycles. The Hall–Kier alpha value is -0.590. The van der Waals surface area contributed by atoms with Crippen molar-refractivity contribution in [2.75, 3.05) is 0 Å². The third-order valence-electron chi connectivity index (χ3n) is 4.15. The molecule has 0 heterocycles. The van der Waals surface area contributed by atoms with E-state index in [9.17, 15) is 4.79 Å². The summed E-state index contributed by atoms with van der Waals surface area (Å²) >= 11 is 0. The normalized spacial score (nSPS) is 54.0. The number of fused-ring (bicyclic) bond motifs is 1. The lowest BCUT2D eigenvalue weighted by molar-refractivity contribution is -0.120. The Balaban J connectivity index is 2.51. The maximum atomic E-state index is 11.6. The van der Waals surface area contributed by atoms with E-state index in [-0.39, 0.29) is 10.8 Å². The van der Waals surface area contributed by atoms with Gasteiger partial charge in [0.2, 0.25) is 0 Å². The van der Waals surface area contributed by atoms with Gasteiger partial charge in [-0.05, 0) is 18.4 Å². The van der Waals surface area contributed by atoms with Crippen LogP contribution in [0.5, 0.6) is 0 Å². The summed E-state index contributed by atoms with van der Waals surface area (Å²) in [4.78, 5) is 11.6. The van der Waals surface area contributed by atoms with Crippen LogP contribution >= 0.6 is 0 Å². The first kappa shape index (κ1) is 7.08. The lowest BCUT2D eigenvalue weighted by Gasteiger charge is -2.04. The zero-order valence-corrected chi connectivity index (χ0v) is 7.56.